The van der Waals surface area contributed by atoms with E-state index in [0.29, 0.717) is 24.2 Å². The highest BCUT2D eigenvalue weighted by atomic mass is 16.7. The van der Waals surface area contributed by atoms with E-state index in [4.69, 9.17) is 14.0 Å². The van der Waals surface area contributed by atoms with E-state index in [1.807, 2.05) is 0 Å². The molecule has 2 aliphatic heterocycles. The molecule has 6 heteroatoms. The Hall–Kier alpha value is -0.585. The van der Waals surface area contributed by atoms with Gasteiger partial charge in [-0.25, -0.2) is 0 Å². The standard InChI is InChI=1S/C19H36BNO4/c1-8-16(20-24-18(3,4)19(5,6)25-20)14(2)21-11-9-15(10-12-21)13-17(22)23-7/h14-16H,8-13H2,1-7H3/t14-,16?/m1/s1. The number of rotatable bonds is 6. The number of ether oxygens (including phenoxy) is 1. The van der Waals surface area contributed by atoms with Crippen molar-refractivity contribution in [3.05, 3.63) is 0 Å². The van der Waals surface area contributed by atoms with Crippen LogP contribution in [0.5, 0.6) is 0 Å². The number of esters is 1. The monoisotopic (exact) mass is 353 g/mol. The van der Waals surface area contributed by atoms with E-state index < -0.39 is 0 Å². The predicted molar refractivity (Wildman–Crippen MR) is 101 cm³/mol. The quantitative estimate of drug-likeness (QED) is 0.540. The summed E-state index contributed by atoms with van der Waals surface area (Å²) in [4.78, 5) is 14.0. The normalized spacial score (nSPS) is 26.4. The minimum Gasteiger partial charge on any atom is -0.469 e. The summed E-state index contributed by atoms with van der Waals surface area (Å²) in [6.07, 6.45) is 3.69. The van der Waals surface area contributed by atoms with Gasteiger partial charge in [-0.2, -0.15) is 0 Å². The molecule has 144 valence electrons. The van der Waals surface area contributed by atoms with Crippen molar-refractivity contribution >= 4 is 13.1 Å². The van der Waals surface area contributed by atoms with Crippen LogP contribution in [0.4, 0.5) is 0 Å². The third kappa shape index (κ3) is 4.58. The average Bonchev–Trinajstić information content (AvgIpc) is 2.76. The van der Waals surface area contributed by atoms with Gasteiger partial charge in [0.1, 0.15) is 0 Å². The van der Waals surface area contributed by atoms with E-state index in [1.165, 1.54) is 7.11 Å². The van der Waals surface area contributed by atoms with Crippen molar-refractivity contribution in [2.75, 3.05) is 20.2 Å². The van der Waals surface area contributed by atoms with Gasteiger partial charge >= 0.3 is 13.1 Å². The summed E-state index contributed by atoms with van der Waals surface area (Å²) in [6, 6.07) is 0.402. The van der Waals surface area contributed by atoms with Crippen LogP contribution in [0.1, 0.15) is 67.2 Å². The number of hydrogen-bond donors (Lipinski definition) is 0. The lowest BCUT2D eigenvalue weighted by molar-refractivity contribution is -0.142. The van der Waals surface area contributed by atoms with E-state index in [0.717, 1.165) is 32.4 Å². The van der Waals surface area contributed by atoms with Crippen molar-refractivity contribution in [3.8, 4) is 0 Å². The molecule has 0 aromatic carbocycles. The molecule has 0 bridgehead atoms. The molecule has 5 nitrogen and oxygen atoms in total. The van der Waals surface area contributed by atoms with Crippen molar-refractivity contribution in [2.24, 2.45) is 5.92 Å². The van der Waals surface area contributed by atoms with Crippen LogP contribution in [0.15, 0.2) is 0 Å². The van der Waals surface area contributed by atoms with Crippen LogP contribution < -0.4 is 0 Å². The molecule has 2 fully saturated rings. The van der Waals surface area contributed by atoms with Gasteiger partial charge in [-0.05, 0) is 66.5 Å². The number of carbonyl (C=O) groups excluding carboxylic acids is 1. The van der Waals surface area contributed by atoms with Gasteiger partial charge < -0.3 is 18.9 Å². The lowest BCUT2D eigenvalue weighted by Gasteiger charge is -2.39. The molecule has 2 heterocycles. The molecule has 2 aliphatic rings. The first-order valence-corrected chi connectivity index (χ1v) is 9.77. The summed E-state index contributed by atoms with van der Waals surface area (Å²) < 4.78 is 17.4. The van der Waals surface area contributed by atoms with Crippen LogP contribution in [-0.4, -0.2) is 55.4 Å². The molecule has 0 spiro atoms. The maximum atomic E-state index is 11.5. The summed E-state index contributed by atoms with van der Waals surface area (Å²) in [5.41, 5.74) is -0.559. The van der Waals surface area contributed by atoms with E-state index in [-0.39, 0.29) is 24.3 Å². The van der Waals surface area contributed by atoms with Gasteiger partial charge in [0.05, 0.1) is 18.3 Å². The van der Waals surface area contributed by atoms with Crippen LogP contribution >= 0.6 is 0 Å². The van der Waals surface area contributed by atoms with Crippen molar-refractivity contribution in [1.29, 1.82) is 0 Å². The van der Waals surface area contributed by atoms with Crippen LogP contribution in [0.3, 0.4) is 0 Å². The van der Waals surface area contributed by atoms with Crippen molar-refractivity contribution < 1.29 is 18.8 Å². The van der Waals surface area contributed by atoms with Crippen LogP contribution in [-0.2, 0) is 18.8 Å². The Labute approximate surface area is 153 Å². The summed E-state index contributed by atoms with van der Waals surface area (Å²) in [6.45, 7) is 15.0. The highest BCUT2D eigenvalue weighted by Gasteiger charge is 2.54. The molecule has 0 saturated carbocycles. The van der Waals surface area contributed by atoms with Gasteiger partial charge in [0.25, 0.3) is 0 Å². The fourth-order valence-corrected chi connectivity index (χ4v) is 3.98. The third-order valence-corrected chi connectivity index (χ3v) is 6.62. The first-order chi connectivity index (χ1) is 11.6. The Kier molecular flexibility index (Phi) is 6.61. The van der Waals surface area contributed by atoms with Crippen LogP contribution in [0.25, 0.3) is 0 Å². The fraction of sp³-hybridized carbons (Fsp3) is 0.947. The molecule has 2 saturated heterocycles. The SMILES string of the molecule is CCC(B1OC(C)(C)C(C)(C)O1)[C@@H](C)N1CCC(CC(=O)OC)CC1. The lowest BCUT2D eigenvalue weighted by atomic mass is 9.66. The Morgan fingerprint density at radius 3 is 2.16 bits per heavy atom. The molecule has 0 radical (unpaired) electrons. The molecule has 25 heavy (non-hydrogen) atoms. The summed E-state index contributed by atoms with van der Waals surface area (Å²) >= 11 is 0. The van der Waals surface area contributed by atoms with Crippen LogP contribution in [0, 0.1) is 5.92 Å². The average molecular weight is 353 g/mol. The Morgan fingerprint density at radius 2 is 1.72 bits per heavy atom. The molecular formula is C19H36BNO4. The molecule has 0 N–H and O–H groups in total. The second-order valence-corrected chi connectivity index (χ2v) is 8.70. The Bertz CT molecular complexity index is 444. The first-order valence-electron chi connectivity index (χ1n) is 9.77. The number of methoxy groups -OCH3 is 1. The second kappa shape index (κ2) is 7.97. The fourth-order valence-electron chi connectivity index (χ4n) is 3.98. The van der Waals surface area contributed by atoms with Gasteiger partial charge in [0.2, 0.25) is 0 Å². The number of nitrogens with zero attached hydrogens (tertiary/aromatic N) is 1. The highest BCUT2D eigenvalue weighted by molar-refractivity contribution is 6.47. The molecule has 0 aromatic heterocycles. The first kappa shape index (κ1) is 20.7. The molecule has 0 aliphatic carbocycles. The van der Waals surface area contributed by atoms with Gasteiger partial charge in [-0.1, -0.05) is 13.3 Å². The van der Waals surface area contributed by atoms with Gasteiger partial charge in [0.15, 0.2) is 0 Å². The maximum Gasteiger partial charge on any atom is 0.462 e. The molecular weight excluding hydrogens is 317 g/mol. The molecule has 2 rings (SSSR count). The Morgan fingerprint density at radius 1 is 1.20 bits per heavy atom. The van der Waals surface area contributed by atoms with Crippen molar-refractivity contribution in [2.45, 2.75) is 90.3 Å². The smallest absolute Gasteiger partial charge is 0.462 e. The number of hydrogen-bond acceptors (Lipinski definition) is 5. The molecule has 2 atom stereocenters. The zero-order chi connectivity index (χ0) is 18.8. The summed E-state index contributed by atoms with van der Waals surface area (Å²) in [5.74, 6) is 0.709. The van der Waals surface area contributed by atoms with E-state index in [1.54, 1.807) is 0 Å². The summed E-state index contributed by atoms with van der Waals surface area (Å²) in [7, 11) is 1.31. The van der Waals surface area contributed by atoms with E-state index in [2.05, 4.69) is 46.4 Å². The minimum absolute atomic E-state index is 0.0878. The van der Waals surface area contributed by atoms with E-state index in [9.17, 15) is 4.79 Å². The topological polar surface area (TPSA) is 48.0 Å². The van der Waals surface area contributed by atoms with Crippen LogP contribution in [0.2, 0.25) is 5.82 Å². The summed E-state index contributed by atoms with van der Waals surface area (Å²) in [5, 5.41) is 0. The zero-order valence-corrected chi connectivity index (χ0v) is 17.1. The second-order valence-electron chi connectivity index (χ2n) is 8.70. The number of carbonyl (C=O) groups is 1. The maximum absolute atomic E-state index is 11.5. The van der Waals surface area contributed by atoms with Gasteiger partial charge in [-0.3, -0.25) is 4.79 Å². The van der Waals surface area contributed by atoms with Crippen molar-refractivity contribution in [1.82, 2.24) is 4.90 Å². The predicted octanol–water partition coefficient (Wildman–Crippen LogP) is 3.52. The molecule has 0 amide bonds. The van der Waals surface area contributed by atoms with Crippen molar-refractivity contribution in [3.63, 3.8) is 0 Å². The molecule has 0 aromatic rings. The highest BCUT2D eigenvalue weighted by Crippen LogP contribution is 2.42. The Balaban J connectivity index is 1.93. The van der Waals surface area contributed by atoms with Gasteiger partial charge in [-0.15, -0.1) is 0 Å². The number of likely N-dealkylation sites (tertiary alicyclic amines) is 1. The third-order valence-electron chi connectivity index (χ3n) is 6.62. The lowest BCUT2D eigenvalue weighted by Crippen LogP contribution is -2.46. The van der Waals surface area contributed by atoms with E-state index >= 15 is 0 Å². The zero-order valence-electron chi connectivity index (χ0n) is 17.1. The minimum atomic E-state index is -0.279. The number of piperidine rings is 1. The molecule has 1 unspecified atom stereocenters. The largest absolute Gasteiger partial charge is 0.469 e. The van der Waals surface area contributed by atoms with Gasteiger partial charge in [0, 0.05) is 18.3 Å².